The van der Waals surface area contributed by atoms with Crippen molar-refractivity contribution < 1.29 is 18.4 Å². The average Bonchev–Trinajstić information content (AvgIpc) is 3.53. The van der Waals surface area contributed by atoms with Gasteiger partial charge in [0.15, 0.2) is 11.7 Å². The summed E-state index contributed by atoms with van der Waals surface area (Å²) in [6.45, 7) is 4.58. The molecule has 1 saturated heterocycles. The molecule has 7 rings (SSSR count). The second-order valence-corrected chi connectivity index (χ2v) is 10.1. The summed E-state index contributed by atoms with van der Waals surface area (Å²) in [5, 5.41) is 7.71. The predicted molar refractivity (Wildman–Crippen MR) is 137 cm³/mol. The van der Waals surface area contributed by atoms with Gasteiger partial charge in [-0.3, -0.25) is 4.99 Å². The van der Waals surface area contributed by atoms with Gasteiger partial charge >= 0.3 is 0 Å². The van der Waals surface area contributed by atoms with Crippen LogP contribution >= 0.6 is 0 Å². The SMILES string of the molecule is Cc1noc2c1-c1ccccc1C(c1ccc(OC3CC4(CNCCO4)C3)cc1)=N[C@H]2Cc1ncco1. The summed E-state index contributed by atoms with van der Waals surface area (Å²) in [7, 11) is 0. The Hall–Kier alpha value is -3.75. The summed E-state index contributed by atoms with van der Waals surface area (Å²) in [5.74, 6) is 2.20. The van der Waals surface area contributed by atoms with Gasteiger partial charge in [0.05, 0.1) is 41.8 Å². The molecule has 2 aromatic heterocycles. The standard InChI is InChI=1S/C29H28N4O4/c1-18-26-22-4-2-3-5-23(22)27(32-24(28(26)37-33-18)14-25-31-11-12-34-25)19-6-8-20(9-7-19)36-21-15-29(16-21)17-30-10-13-35-29/h2-9,11-12,21,24,30H,10,13-17H2,1H3/t21?,24-,29?/m0/s1. The van der Waals surface area contributed by atoms with Gasteiger partial charge in [-0.15, -0.1) is 0 Å². The molecule has 0 bridgehead atoms. The van der Waals surface area contributed by atoms with E-state index in [1.807, 2.05) is 31.2 Å². The van der Waals surface area contributed by atoms with E-state index in [4.69, 9.17) is 23.4 Å². The molecule has 2 aromatic carbocycles. The number of oxazole rings is 1. The van der Waals surface area contributed by atoms with Crippen LogP contribution in [-0.4, -0.2) is 47.3 Å². The summed E-state index contributed by atoms with van der Waals surface area (Å²) in [4.78, 5) is 9.53. The summed E-state index contributed by atoms with van der Waals surface area (Å²) in [6, 6.07) is 16.2. The van der Waals surface area contributed by atoms with E-state index in [9.17, 15) is 0 Å². The zero-order valence-electron chi connectivity index (χ0n) is 20.6. The van der Waals surface area contributed by atoms with Crippen LogP contribution in [0.15, 0.2) is 74.9 Å². The van der Waals surface area contributed by atoms with Crippen LogP contribution in [0.1, 0.15) is 47.4 Å². The lowest BCUT2D eigenvalue weighted by Gasteiger charge is -2.49. The number of fused-ring (bicyclic) bond motifs is 3. The van der Waals surface area contributed by atoms with Crippen molar-refractivity contribution in [2.45, 2.75) is 43.9 Å². The topological polar surface area (TPSA) is 94.9 Å². The van der Waals surface area contributed by atoms with Crippen LogP contribution in [0, 0.1) is 6.92 Å². The molecule has 8 heteroatoms. The van der Waals surface area contributed by atoms with Crippen molar-refractivity contribution >= 4 is 5.71 Å². The Bertz CT molecular complexity index is 1430. The number of hydrogen-bond acceptors (Lipinski definition) is 8. The molecule has 1 atom stereocenters. The molecule has 3 aliphatic rings. The fourth-order valence-corrected chi connectivity index (χ4v) is 5.73. The first-order chi connectivity index (χ1) is 18.2. The molecule has 8 nitrogen and oxygen atoms in total. The van der Waals surface area contributed by atoms with E-state index in [1.165, 1.54) is 0 Å². The minimum atomic E-state index is -0.316. The summed E-state index contributed by atoms with van der Waals surface area (Å²) >= 11 is 0. The fourth-order valence-electron chi connectivity index (χ4n) is 5.73. The Morgan fingerprint density at radius 1 is 1.08 bits per heavy atom. The fraction of sp³-hybridized carbons (Fsp3) is 0.345. The lowest BCUT2D eigenvalue weighted by Crippen LogP contribution is -2.60. The number of aliphatic imine (C=N–C) groups is 1. The molecular weight excluding hydrogens is 468 g/mol. The van der Waals surface area contributed by atoms with Crippen LogP contribution in [0.25, 0.3) is 11.1 Å². The Kier molecular flexibility index (Phi) is 5.44. The summed E-state index contributed by atoms with van der Waals surface area (Å²) in [6.07, 6.45) is 5.73. The van der Waals surface area contributed by atoms with E-state index in [0.717, 1.165) is 77.7 Å². The molecule has 1 saturated carbocycles. The zero-order chi connectivity index (χ0) is 24.8. The quantitative estimate of drug-likeness (QED) is 0.429. The molecule has 0 unspecified atom stereocenters. The van der Waals surface area contributed by atoms with Crippen molar-refractivity contribution in [2.24, 2.45) is 4.99 Å². The van der Waals surface area contributed by atoms with E-state index in [0.29, 0.717) is 12.3 Å². The smallest absolute Gasteiger partial charge is 0.196 e. The van der Waals surface area contributed by atoms with Gasteiger partial charge in [-0.05, 0) is 36.8 Å². The van der Waals surface area contributed by atoms with Crippen LogP contribution < -0.4 is 10.1 Å². The maximum absolute atomic E-state index is 6.27. The number of benzene rings is 2. The van der Waals surface area contributed by atoms with E-state index in [1.54, 1.807) is 12.5 Å². The average molecular weight is 497 g/mol. The van der Waals surface area contributed by atoms with Crippen LogP contribution in [-0.2, 0) is 11.2 Å². The van der Waals surface area contributed by atoms with Gasteiger partial charge in [0, 0.05) is 37.1 Å². The third-order valence-electron chi connectivity index (χ3n) is 7.54. The second-order valence-electron chi connectivity index (χ2n) is 10.1. The molecule has 2 fully saturated rings. The summed E-state index contributed by atoms with van der Waals surface area (Å²) in [5.41, 5.74) is 5.80. The molecule has 4 heterocycles. The Balaban J connectivity index is 1.20. The molecule has 1 N–H and O–H groups in total. The van der Waals surface area contributed by atoms with Crippen molar-refractivity contribution in [2.75, 3.05) is 19.7 Å². The largest absolute Gasteiger partial charge is 0.490 e. The van der Waals surface area contributed by atoms with Crippen molar-refractivity contribution in [3.05, 3.63) is 89.5 Å². The molecule has 188 valence electrons. The normalized spacial score (nSPS) is 24.5. The molecule has 1 aliphatic carbocycles. The molecule has 0 radical (unpaired) electrons. The molecule has 4 aromatic rings. The number of aryl methyl sites for hydroxylation is 1. The van der Waals surface area contributed by atoms with E-state index in [2.05, 4.69) is 39.7 Å². The number of nitrogens with one attached hydrogen (secondary N) is 1. The van der Waals surface area contributed by atoms with Crippen LogP contribution in [0.3, 0.4) is 0 Å². The molecule has 2 aliphatic heterocycles. The first-order valence-electron chi connectivity index (χ1n) is 12.8. The third kappa shape index (κ3) is 4.06. The predicted octanol–water partition coefficient (Wildman–Crippen LogP) is 4.67. The number of rotatable bonds is 5. The van der Waals surface area contributed by atoms with Crippen LogP contribution in [0.5, 0.6) is 5.75 Å². The minimum Gasteiger partial charge on any atom is -0.490 e. The van der Waals surface area contributed by atoms with Crippen molar-refractivity contribution in [1.82, 2.24) is 15.5 Å². The van der Waals surface area contributed by atoms with Gasteiger partial charge in [0.1, 0.15) is 24.2 Å². The third-order valence-corrected chi connectivity index (χ3v) is 7.54. The van der Waals surface area contributed by atoms with Gasteiger partial charge in [-0.2, -0.15) is 0 Å². The van der Waals surface area contributed by atoms with Crippen LogP contribution in [0.2, 0.25) is 0 Å². The Morgan fingerprint density at radius 3 is 2.68 bits per heavy atom. The highest BCUT2D eigenvalue weighted by molar-refractivity contribution is 6.17. The molecule has 37 heavy (non-hydrogen) atoms. The molecule has 1 spiro atoms. The van der Waals surface area contributed by atoms with Gasteiger partial charge in [0.25, 0.3) is 0 Å². The molecular formula is C29H28N4O4. The van der Waals surface area contributed by atoms with Gasteiger partial charge in [-0.25, -0.2) is 4.98 Å². The number of ether oxygens (including phenoxy) is 2. The van der Waals surface area contributed by atoms with Gasteiger partial charge in [-0.1, -0.05) is 29.4 Å². The number of nitrogens with zero attached hydrogens (tertiary/aromatic N) is 3. The first kappa shape index (κ1) is 22.4. The number of hydrogen-bond donors (Lipinski definition) is 1. The maximum atomic E-state index is 6.27. The van der Waals surface area contributed by atoms with Gasteiger partial charge in [0.2, 0.25) is 0 Å². The Morgan fingerprint density at radius 2 is 1.92 bits per heavy atom. The van der Waals surface area contributed by atoms with E-state index in [-0.39, 0.29) is 17.7 Å². The number of morpholine rings is 1. The van der Waals surface area contributed by atoms with Crippen molar-refractivity contribution in [3.63, 3.8) is 0 Å². The zero-order valence-corrected chi connectivity index (χ0v) is 20.6. The maximum Gasteiger partial charge on any atom is 0.196 e. The monoisotopic (exact) mass is 496 g/mol. The summed E-state index contributed by atoms with van der Waals surface area (Å²) < 4.78 is 23.7. The number of aromatic nitrogens is 2. The van der Waals surface area contributed by atoms with Crippen molar-refractivity contribution in [1.29, 1.82) is 0 Å². The minimum absolute atomic E-state index is 0.0452. The lowest BCUT2D eigenvalue weighted by molar-refractivity contribution is -0.158. The van der Waals surface area contributed by atoms with E-state index >= 15 is 0 Å². The first-order valence-corrected chi connectivity index (χ1v) is 12.8. The van der Waals surface area contributed by atoms with Gasteiger partial charge < -0.3 is 23.7 Å². The van der Waals surface area contributed by atoms with Crippen LogP contribution in [0.4, 0.5) is 0 Å². The molecule has 0 amide bonds. The highest BCUT2D eigenvalue weighted by atomic mass is 16.5. The lowest BCUT2D eigenvalue weighted by atomic mass is 9.76. The van der Waals surface area contributed by atoms with Crippen molar-refractivity contribution in [3.8, 4) is 16.9 Å². The Labute approximate surface area is 214 Å². The highest BCUT2D eigenvalue weighted by Crippen LogP contribution is 2.41. The second kappa shape index (κ2) is 8.97. The highest BCUT2D eigenvalue weighted by Gasteiger charge is 2.47. The van der Waals surface area contributed by atoms with E-state index < -0.39 is 0 Å².